The molecule has 4 nitrogen and oxygen atoms in total. The van der Waals surface area contributed by atoms with Crippen LogP contribution >= 0.6 is 0 Å². The summed E-state index contributed by atoms with van der Waals surface area (Å²) in [5.74, 6) is 0.806. The van der Waals surface area contributed by atoms with E-state index in [4.69, 9.17) is 9.47 Å². The van der Waals surface area contributed by atoms with Crippen LogP contribution in [0.1, 0.15) is 59.6 Å². The molecule has 0 spiro atoms. The highest BCUT2D eigenvalue weighted by atomic mass is 16.5. The molecule has 0 saturated carbocycles. The Kier molecular flexibility index (Phi) is 7.12. The molecule has 2 unspecified atom stereocenters. The summed E-state index contributed by atoms with van der Waals surface area (Å²) in [5, 5.41) is 3.54. The Morgan fingerprint density at radius 2 is 1.95 bits per heavy atom. The zero-order valence-corrected chi connectivity index (χ0v) is 14.3. The van der Waals surface area contributed by atoms with Crippen molar-refractivity contribution in [3.63, 3.8) is 0 Å². The fraction of sp³-hybridized carbons (Fsp3) is 0.706. The van der Waals surface area contributed by atoms with E-state index in [0.29, 0.717) is 6.61 Å². The lowest BCUT2D eigenvalue weighted by Crippen LogP contribution is -2.43. The van der Waals surface area contributed by atoms with E-state index in [-0.39, 0.29) is 17.7 Å². The van der Waals surface area contributed by atoms with E-state index < -0.39 is 0 Å². The Balaban J connectivity index is 3.09. The first kappa shape index (κ1) is 17.9. The lowest BCUT2D eigenvalue weighted by atomic mass is 9.88. The van der Waals surface area contributed by atoms with Crippen LogP contribution in [0.3, 0.4) is 0 Å². The quantitative estimate of drug-likeness (QED) is 0.753. The normalized spacial score (nSPS) is 15.8. The molecule has 0 aliphatic carbocycles. The number of nitrogens with one attached hydrogen (secondary N) is 1. The van der Waals surface area contributed by atoms with E-state index >= 15 is 0 Å². The van der Waals surface area contributed by atoms with E-state index in [0.717, 1.165) is 24.3 Å². The number of pyridine rings is 1. The predicted octanol–water partition coefficient (Wildman–Crippen LogP) is 3.72. The van der Waals surface area contributed by atoms with Gasteiger partial charge in [0.1, 0.15) is 5.75 Å². The molecule has 1 N–H and O–H groups in total. The highest BCUT2D eigenvalue weighted by molar-refractivity contribution is 5.28. The van der Waals surface area contributed by atoms with Crippen LogP contribution in [0.4, 0.5) is 0 Å². The van der Waals surface area contributed by atoms with Gasteiger partial charge in [-0.15, -0.1) is 0 Å². The maximum Gasteiger partial charge on any atom is 0.138 e. The maximum absolute atomic E-state index is 6.04. The predicted molar refractivity (Wildman–Crippen MR) is 86.7 cm³/mol. The van der Waals surface area contributed by atoms with Gasteiger partial charge in [-0.25, -0.2) is 0 Å². The third-order valence-electron chi connectivity index (χ3n) is 3.63. The van der Waals surface area contributed by atoms with Gasteiger partial charge in [-0.2, -0.15) is 0 Å². The molecule has 0 aromatic carbocycles. The molecule has 0 aliphatic rings. The minimum atomic E-state index is -0.261. The highest BCUT2D eigenvalue weighted by Gasteiger charge is 2.34. The second-order valence-electron chi connectivity index (χ2n) is 5.71. The minimum Gasteiger partial charge on any atom is -0.489 e. The number of ether oxygens (including phenoxy) is 2. The molecule has 1 rings (SSSR count). The third kappa shape index (κ3) is 4.97. The van der Waals surface area contributed by atoms with Crippen LogP contribution in [-0.2, 0) is 4.74 Å². The summed E-state index contributed by atoms with van der Waals surface area (Å²) in [4.78, 5) is 4.33. The Bertz CT molecular complexity index is 423. The monoisotopic (exact) mass is 294 g/mol. The highest BCUT2D eigenvalue weighted by Crippen LogP contribution is 2.33. The summed E-state index contributed by atoms with van der Waals surface area (Å²) in [6, 6.07) is 2.16. The maximum atomic E-state index is 6.04. The molecular weight excluding hydrogens is 264 g/mol. The smallest absolute Gasteiger partial charge is 0.138 e. The van der Waals surface area contributed by atoms with Crippen molar-refractivity contribution in [2.45, 2.75) is 65.7 Å². The molecule has 1 aromatic heterocycles. The number of nitrogens with zero attached hydrogens (tertiary/aromatic N) is 1. The second kappa shape index (κ2) is 8.35. The van der Waals surface area contributed by atoms with Gasteiger partial charge in [-0.1, -0.05) is 13.8 Å². The van der Waals surface area contributed by atoms with Gasteiger partial charge in [0, 0.05) is 12.8 Å². The fourth-order valence-corrected chi connectivity index (χ4v) is 2.54. The van der Waals surface area contributed by atoms with Crippen LogP contribution in [0, 0.1) is 0 Å². The van der Waals surface area contributed by atoms with Crippen molar-refractivity contribution in [2.24, 2.45) is 0 Å². The van der Waals surface area contributed by atoms with Crippen molar-refractivity contribution in [1.29, 1.82) is 0 Å². The summed E-state index contributed by atoms with van der Waals surface area (Å²) < 4.78 is 11.8. The van der Waals surface area contributed by atoms with Gasteiger partial charge in [-0.3, -0.25) is 4.98 Å². The van der Waals surface area contributed by atoms with Crippen LogP contribution in [-0.4, -0.2) is 29.8 Å². The first-order valence-corrected chi connectivity index (χ1v) is 7.95. The Hall–Kier alpha value is -1.13. The van der Waals surface area contributed by atoms with E-state index in [1.807, 2.05) is 27.0 Å². The van der Waals surface area contributed by atoms with Crippen molar-refractivity contribution in [1.82, 2.24) is 10.3 Å². The Labute approximate surface area is 129 Å². The summed E-state index contributed by atoms with van der Waals surface area (Å²) in [5.41, 5.74) is 0.843. The number of hydrogen-bond acceptors (Lipinski definition) is 4. The zero-order chi connectivity index (χ0) is 15.9. The molecule has 4 heteroatoms. The molecule has 120 valence electrons. The van der Waals surface area contributed by atoms with Crippen LogP contribution < -0.4 is 10.1 Å². The van der Waals surface area contributed by atoms with Gasteiger partial charge < -0.3 is 14.8 Å². The third-order valence-corrected chi connectivity index (χ3v) is 3.63. The first-order valence-electron chi connectivity index (χ1n) is 7.95. The van der Waals surface area contributed by atoms with Crippen molar-refractivity contribution < 1.29 is 9.47 Å². The van der Waals surface area contributed by atoms with Gasteiger partial charge in [0.15, 0.2) is 0 Å². The van der Waals surface area contributed by atoms with Crippen LogP contribution in [0.25, 0.3) is 0 Å². The van der Waals surface area contributed by atoms with Crippen LogP contribution in [0.5, 0.6) is 5.75 Å². The molecule has 0 fully saturated rings. The van der Waals surface area contributed by atoms with Gasteiger partial charge in [0.25, 0.3) is 0 Å². The Morgan fingerprint density at radius 1 is 1.24 bits per heavy atom. The molecule has 21 heavy (non-hydrogen) atoms. The molecule has 0 amide bonds. The van der Waals surface area contributed by atoms with E-state index in [1.165, 1.54) is 0 Å². The number of hydrogen-bond donors (Lipinski definition) is 1. The van der Waals surface area contributed by atoms with Gasteiger partial charge >= 0.3 is 0 Å². The summed E-state index contributed by atoms with van der Waals surface area (Å²) in [7, 11) is 0. The molecule has 0 radical (unpaired) electrons. The van der Waals surface area contributed by atoms with Crippen molar-refractivity contribution in [2.75, 3.05) is 13.2 Å². The van der Waals surface area contributed by atoms with Crippen LogP contribution in [0.15, 0.2) is 18.5 Å². The van der Waals surface area contributed by atoms with E-state index in [9.17, 15) is 0 Å². The number of aromatic nitrogens is 1. The average Bonchev–Trinajstić information content (AvgIpc) is 2.44. The Morgan fingerprint density at radius 3 is 2.48 bits per heavy atom. The fourth-order valence-electron chi connectivity index (χ4n) is 2.54. The van der Waals surface area contributed by atoms with Crippen molar-refractivity contribution >= 4 is 0 Å². The van der Waals surface area contributed by atoms with Gasteiger partial charge in [0.2, 0.25) is 0 Å². The van der Waals surface area contributed by atoms with Gasteiger partial charge in [-0.05, 0) is 52.3 Å². The number of likely N-dealkylation sites (N-methyl/N-ethyl adjacent to an activating group) is 1. The summed E-state index contributed by atoms with van der Waals surface area (Å²) in [6.45, 7) is 14.1. The largest absolute Gasteiger partial charge is 0.489 e. The van der Waals surface area contributed by atoms with E-state index in [2.05, 4.69) is 37.1 Å². The van der Waals surface area contributed by atoms with Crippen LogP contribution in [0.2, 0.25) is 0 Å². The molecular formula is C17H30N2O2. The molecule has 2 atom stereocenters. The van der Waals surface area contributed by atoms with E-state index in [1.54, 1.807) is 6.20 Å². The summed E-state index contributed by atoms with van der Waals surface area (Å²) in [6.07, 6.45) is 4.72. The lowest BCUT2D eigenvalue weighted by molar-refractivity contribution is -0.0561. The molecule has 1 aromatic rings. The molecule has 0 bridgehead atoms. The van der Waals surface area contributed by atoms with Crippen molar-refractivity contribution in [3.8, 4) is 5.75 Å². The van der Waals surface area contributed by atoms with Crippen molar-refractivity contribution in [3.05, 3.63) is 24.0 Å². The lowest BCUT2D eigenvalue weighted by Gasteiger charge is -2.37. The summed E-state index contributed by atoms with van der Waals surface area (Å²) >= 11 is 0. The SMILES string of the molecule is CCNC(c1cncc(OC(C)C)c1)C(C)(CC)OCC. The molecule has 0 aliphatic heterocycles. The second-order valence-corrected chi connectivity index (χ2v) is 5.71. The topological polar surface area (TPSA) is 43.4 Å². The average molecular weight is 294 g/mol. The zero-order valence-electron chi connectivity index (χ0n) is 14.3. The first-order chi connectivity index (χ1) is 9.96. The number of rotatable bonds is 9. The standard InChI is InChI=1S/C17H30N2O2/c1-7-17(6,20-9-3)16(19-8-2)14-10-15(12-18-11-14)21-13(4)5/h10-13,16,19H,7-9H2,1-6H3. The molecule has 1 heterocycles. The molecule has 0 saturated heterocycles. The minimum absolute atomic E-state index is 0.0932. The van der Waals surface area contributed by atoms with Gasteiger partial charge in [0.05, 0.1) is 23.9 Å².